The van der Waals surface area contributed by atoms with Gasteiger partial charge in [-0.1, -0.05) is 43.3 Å². The van der Waals surface area contributed by atoms with Crippen molar-refractivity contribution in [2.24, 2.45) is 5.73 Å². The van der Waals surface area contributed by atoms with E-state index < -0.39 is 11.8 Å². The molecule has 0 amide bonds. The van der Waals surface area contributed by atoms with Crippen molar-refractivity contribution in [3.8, 4) is 0 Å². The smallest absolute Gasteiger partial charge is 0.341 e. The number of halogens is 1. The number of carbonyl (C=O) groups excluding carboxylic acids is 1. The van der Waals surface area contributed by atoms with Crippen molar-refractivity contribution in [1.29, 1.82) is 0 Å². The predicted molar refractivity (Wildman–Crippen MR) is 97.9 cm³/mol. The van der Waals surface area contributed by atoms with E-state index in [2.05, 4.69) is 0 Å². The zero-order chi connectivity index (χ0) is 18.2. The van der Waals surface area contributed by atoms with Crippen molar-refractivity contribution in [2.75, 3.05) is 0 Å². The van der Waals surface area contributed by atoms with Gasteiger partial charge >= 0.3 is 5.97 Å². The molecule has 25 heavy (non-hydrogen) atoms. The van der Waals surface area contributed by atoms with Crippen LogP contribution in [-0.4, -0.2) is 12.0 Å². The zero-order valence-electron chi connectivity index (χ0n) is 14.9. The van der Waals surface area contributed by atoms with Gasteiger partial charge in [-0.05, 0) is 55.4 Å². The topological polar surface area (TPSA) is 52.3 Å². The third-order valence-corrected chi connectivity index (χ3v) is 4.15. The van der Waals surface area contributed by atoms with Crippen LogP contribution in [0.1, 0.15) is 53.7 Å². The van der Waals surface area contributed by atoms with Crippen LogP contribution in [0.5, 0.6) is 0 Å². The van der Waals surface area contributed by atoms with Gasteiger partial charge in [0.25, 0.3) is 0 Å². The molecule has 0 radical (unpaired) electrons. The van der Waals surface area contributed by atoms with E-state index in [1.54, 1.807) is 6.07 Å². The van der Waals surface area contributed by atoms with E-state index in [1.807, 2.05) is 50.2 Å². The van der Waals surface area contributed by atoms with Crippen LogP contribution in [0.25, 0.3) is 0 Å². The molecule has 0 heterocycles. The number of carbonyl (C=O) groups is 1. The van der Waals surface area contributed by atoms with Crippen LogP contribution in [0.3, 0.4) is 0 Å². The number of hydrogen-bond donors (Lipinski definition) is 1. The maximum Gasteiger partial charge on any atom is 0.341 e. The quantitative estimate of drug-likeness (QED) is 0.722. The third-order valence-electron chi connectivity index (χ3n) is 4.15. The van der Waals surface area contributed by atoms with E-state index in [0.29, 0.717) is 12.0 Å². The maximum absolute atomic E-state index is 14.6. The summed E-state index contributed by atoms with van der Waals surface area (Å²) in [5, 5.41) is 0. The first-order chi connectivity index (χ1) is 12.0. The molecule has 3 nitrogen and oxygen atoms in total. The van der Waals surface area contributed by atoms with E-state index in [0.717, 1.165) is 30.4 Å². The standard InChI is InChI=1S/C21H26FNO2/c1-3-18-12-17(11-7-8-15(2)23)13-19(20(18)22)21(24)25-14-16-9-5-4-6-10-16/h4-6,9-10,12-13,15H,3,7-8,11,14,23H2,1-2H3/t15-/m0/s1. The van der Waals surface area contributed by atoms with Crippen molar-refractivity contribution in [3.63, 3.8) is 0 Å². The summed E-state index contributed by atoms with van der Waals surface area (Å²) in [7, 11) is 0. The van der Waals surface area contributed by atoms with Crippen LogP contribution < -0.4 is 5.73 Å². The lowest BCUT2D eigenvalue weighted by atomic mass is 9.98. The summed E-state index contributed by atoms with van der Waals surface area (Å²) in [6.45, 7) is 3.98. The summed E-state index contributed by atoms with van der Waals surface area (Å²) in [4.78, 5) is 12.4. The van der Waals surface area contributed by atoms with Crippen molar-refractivity contribution >= 4 is 5.97 Å². The molecule has 0 fully saturated rings. The van der Waals surface area contributed by atoms with Gasteiger partial charge in [-0.25, -0.2) is 9.18 Å². The number of hydrogen-bond acceptors (Lipinski definition) is 3. The van der Waals surface area contributed by atoms with Crippen LogP contribution in [0.4, 0.5) is 4.39 Å². The number of rotatable bonds is 8. The Morgan fingerprint density at radius 2 is 1.92 bits per heavy atom. The fourth-order valence-electron chi connectivity index (χ4n) is 2.73. The van der Waals surface area contributed by atoms with E-state index in [9.17, 15) is 9.18 Å². The van der Waals surface area contributed by atoms with Gasteiger partial charge in [0.2, 0.25) is 0 Å². The Balaban J connectivity index is 2.12. The molecular weight excluding hydrogens is 317 g/mol. The lowest BCUT2D eigenvalue weighted by Gasteiger charge is -2.12. The number of ether oxygens (including phenoxy) is 1. The van der Waals surface area contributed by atoms with E-state index in [4.69, 9.17) is 10.5 Å². The van der Waals surface area contributed by atoms with Crippen molar-refractivity contribution in [2.45, 2.75) is 52.2 Å². The molecule has 2 rings (SSSR count). The zero-order valence-corrected chi connectivity index (χ0v) is 14.9. The maximum atomic E-state index is 14.6. The molecule has 0 bridgehead atoms. The Morgan fingerprint density at radius 3 is 2.56 bits per heavy atom. The number of aryl methyl sites for hydroxylation is 2. The molecule has 1 atom stereocenters. The molecule has 2 aromatic carbocycles. The normalized spacial score (nSPS) is 12.0. The second-order valence-electron chi connectivity index (χ2n) is 6.40. The molecule has 4 heteroatoms. The average Bonchev–Trinajstić information content (AvgIpc) is 2.61. The van der Waals surface area contributed by atoms with Crippen LogP contribution in [0, 0.1) is 5.82 Å². The average molecular weight is 343 g/mol. The van der Waals surface area contributed by atoms with Crippen molar-refractivity contribution in [3.05, 3.63) is 70.5 Å². The molecule has 0 unspecified atom stereocenters. The highest BCUT2D eigenvalue weighted by molar-refractivity contribution is 5.90. The highest BCUT2D eigenvalue weighted by Gasteiger charge is 2.18. The van der Waals surface area contributed by atoms with Crippen LogP contribution in [0.2, 0.25) is 0 Å². The SMILES string of the molecule is CCc1cc(CCC[C@H](C)N)cc(C(=O)OCc2ccccc2)c1F. The first-order valence-corrected chi connectivity index (χ1v) is 8.79. The van der Waals surface area contributed by atoms with Crippen molar-refractivity contribution in [1.82, 2.24) is 0 Å². The second-order valence-corrected chi connectivity index (χ2v) is 6.40. The van der Waals surface area contributed by atoms with Gasteiger partial charge in [-0.3, -0.25) is 0 Å². The van der Waals surface area contributed by atoms with Gasteiger partial charge in [-0.15, -0.1) is 0 Å². The van der Waals surface area contributed by atoms with E-state index >= 15 is 0 Å². The van der Waals surface area contributed by atoms with Gasteiger partial charge in [-0.2, -0.15) is 0 Å². The van der Waals surface area contributed by atoms with E-state index in [-0.39, 0.29) is 18.2 Å². The lowest BCUT2D eigenvalue weighted by Crippen LogP contribution is -2.14. The number of esters is 1. The number of nitrogens with two attached hydrogens (primary N) is 1. The fraction of sp³-hybridized carbons (Fsp3) is 0.381. The molecule has 0 aliphatic carbocycles. The minimum absolute atomic E-state index is 0.0195. The summed E-state index contributed by atoms with van der Waals surface area (Å²) in [6.07, 6.45) is 3.11. The molecule has 2 N–H and O–H groups in total. The lowest BCUT2D eigenvalue weighted by molar-refractivity contribution is 0.0467. The molecule has 0 aliphatic heterocycles. The monoisotopic (exact) mass is 343 g/mol. The fourth-order valence-corrected chi connectivity index (χ4v) is 2.73. The largest absolute Gasteiger partial charge is 0.457 e. The molecule has 0 spiro atoms. The van der Waals surface area contributed by atoms with Crippen LogP contribution in [-0.2, 0) is 24.2 Å². The van der Waals surface area contributed by atoms with Crippen LogP contribution >= 0.6 is 0 Å². The summed E-state index contributed by atoms with van der Waals surface area (Å²) in [5.74, 6) is -1.10. The first-order valence-electron chi connectivity index (χ1n) is 8.79. The summed E-state index contributed by atoms with van der Waals surface area (Å²) in [6, 6.07) is 13.0. The Bertz CT molecular complexity index is 699. The van der Waals surface area contributed by atoms with Crippen molar-refractivity contribution < 1.29 is 13.9 Å². The molecule has 0 saturated carbocycles. The molecule has 2 aromatic rings. The van der Waals surface area contributed by atoms with Gasteiger partial charge in [0.15, 0.2) is 0 Å². The first kappa shape index (κ1) is 19.1. The summed E-state index contributed by atoms with van der Waals surface area (Å²) < 4.78 is 19.9. The third kappa shape index (κ3) is 5.68. The predicted octanol–water partition coefficient (Wildman–Crippen LogP) is 4.42. The van der Waals surface area contributed by atoms with Gasteiger partial charge < -0.3 is 10.5 Å². The van der Waals surface area contributed by atoms with Gasteiger partial charge in [0.1, 0.15) is 12.4 Å². The Labute approximate surface area is 149 Å². The molecular formula is C21H26FNO2. The van der Waals surface area contributed by atoms with Gasteiger partial charge in [0.05, 0.1) is 5.56 Å². The Kier molecular flexibility index (Phi) is 7.14. The minimum atomic E-state index is -0.620. The Morgan fingerprint density at radius 1 is 1.20 bits per heavy atom. The van der Waals surface area contributed by atoms with E-state index in [1.165, 1.54) is 0 Å². The summed E-state index contributed by atoms with van der Waals surface area (Å²) in [5.41, 5.74) is 8.17. The molecule has 0 saturated heterocycles. The highest BCUT2D eigenvalue weighted by Crippen LogP contribution is 2.20. The minimum Gasteiger partial charge on any atom is -0.457 e. The number of benzene rings is 2. The van der Waals surface area contributed by atoms with Gasteiger partial charge in [0, 0.05) is 6.04 Å². The molecule has 134 valence electrons. The second kappa shape index (κ2) is 9.33. The molecule has 0 aromatic heterocycles. The Hall–Kier alpha value is -2.20. The molecule has 0 aliphatic rings. The summed E-state index contributed by atoms with van der Waals surface area (Å²) >= 11 is 0. The van der Waals surface area contributed by atoms with Crippen LogP contribution in [0.15, 0.2) is 42.5 Å². The highest BCUT2D eigenvalue weighted by atomic mass is 19.1.